The van der Waals surface area contributed by atoms with Crippen LogP contribution in [0, 0.1) is 5.92 Å². The Balaban J connectivity index is 1.34. The summed E-state index contributed by atoms with van der Waals surface area (Å²) in [6.07, 6.45) is 8.36. The first kappa shape index (κ1) is 24.0. The van der Waals surface area contributed by atoms with E-state index in [9.17, 15) is 9.59 Å². The number of fused-ring (bicyclic) bond motifs is 1. The van der Waals surface area contributed by atoms with E-state index < -0.39 is 5.91 Å². The average Bonchev–Trinajstić information content (AvgIpc) is 3.52. The Bertz CT molecular complexity index is 1310. The Morgan fingerprint density at radius 2 is 2.06 bits per heavy atom. The molecule has 0 bridgehead atoms. The maximum absolute atomic E-state index is 13.2. The molecule has 2 aliphatic heterocycles. The first-order valence-electron chi connectivity index (χ1n) is 12.4. The number of anilines is 3. The second kappa shape index (κ2) is 9.03. The lowest BCUT2D eigenvalue weighted by atomic mass is 9.85. The van der Waals surface area contributed by atoms with E-state index in [2.05, 4.69) is 46.2 Å². The summed E-state index contributed by atoms with van der Waals surface area (Å²) in [5.41, 5.74) is 8.05. The van der Waals surface area contributed by atoms with Crippen molar-refractivity contribution in [1.29, 1.82) is 0 Å². The lowest BCUT2D eigenvalue weighted by Gasteiger charge is -2.40. The average molecular weight is 492 g/mol. The normalized spacial score (nSPS) is 20.8. The number of piperidine rings is 1. The number of nitrogens with two attached hydrogens (primary N) is 1. The van der Waals surface area contributed by atoms with Gasteiger partial charge < -0.3 is 16.0 Å². The van der Waals surface area contributed by atoms with E-state index in [-0.39, 0.29) is 34.7 Å². The minimum atomic E-state index is -0.661. The van der Waals surface area contributed by atoms with Gasteiger partial charge in [-0.2, -0.15) is 10.2 Å². The molecule has 2 atom stereocenters. The number of carbonyl (C=O) groups excluding carboxylic acids is 2. The second-order valence-electron chi connectivity index (χ2n) is 10.6. The fourth-order valence-corrected chi connectivity index (χ4v) is 5.35. The van der Waals surface area contributed by atoms with Gasteiger partial charge in [0.2, 0.25) is 0 Å². The van der Waals surface area contributed by atoms with Gasteiger partial charge in [0.25, 0.3) is 5.91 Å². The molecule has 0 unspecified atom stereocenters. The van der Waals surface area contributed by atoms with Crippen LogP contribution in [0.3, 0.4) is 0 Å². The molecular formula is C25H33N9O2. The number of nitrogens with one attached hydrogen (secondary N) is 1. The highest BCUT2D eigenvalue weighted by atomic mass is 16.1. The predicted molar refractivity (Wildman–Crippen MR) is 135 cm³/mol. The molecule has 0 aliphatic carbocycles. The molecule has 3 N–H and O–H groups in total. The number of aryl methyl sites for hydroxylation is 2. The SMILES string of the molecule is C[C@@H]1[C@H](CC(=O)c2cc3n(n2)CCC3(C)C)CCCN1c1cnc(C(N)=O)c(Nc2cnn(C)c2)n1. The standard InChI is InChI=1S/C25H33N9O2/c1-15-16(10-19(35)18-11-20-25(2,3)7-9-34(20)31-18)6-5-8-33(15)21-13-27-22(23(26)36)24(30-21)29-17-12-28-32(4)14-17/h11-16H,5-10H2,1-4H3,(H2,26,36)(H,29,30)/t15-,16+/m1/s1. The van der Waals surface area contributed by atoms with Crippen molar-refractivity contribution >= 4 is 29.0 Å². The molecule has 3 aromatic heterocycles. The zero-order chi connectivity index (χ0) is 25.6. The number of Topliss-reactive ketones (excluding diaryl/α,β-unsaturated/α-hetero) is 1. The first-order chi connectivity index (χ1) is 17.1. The molecule has 11 nitrogen and oxygen atoms in total. The quantitative estimate of drug-likeness (QED) is 0.482. The molecule has 3 aromatic rings. The van der Waals surface area contributed by atoms with Crippen molar-refractivity contribution in [3.8, 4) is 0 Å². The third-order valence-electron chi connectivity index (χ3n) is 7.56. The van der Waals surface area contributed by atoms with Crippen molar-refractivity contribution in [1.82, 2.24) is 29.5 Å². The van der Waals surface area contributed by atoms with Crippen molar-refractivity contribution in [3.05, 3.63) is 41.7 Å². The molecule has 2 aliphatic rings. The molecule has 1 amide bonds. The smallest absolute Gasteiger partial charge is 0.271 e. The third kappa shape index (κ3) is 4.45. The number of rotatable bonds is 7. The van der Waals surface area contributed by atoms with Crippen molar-refractivity contribution in [2.45, 2.75) is 64.5 Å². The number of carbonyl (C=O) groups is 2. The van der Waals surface area contributed by atoms with Gasteiger partial charge in [-0.05, 0) is 38.2 Å². The molecule has 1 saturated heterocycles. The number of hydrogen-bond acceptors (Lipinski definition) is 8. The molecule has 0 aromatic carbocycles. The molecule has 190 valence electrons. The van der Waals surface area contributed by atoms with Crippen LogP contribution in [0.1, 0.15) is 73.1 Å². The van der Waals surface area contributed by atoms with Crippen LogP contribution in [0.25, 0.3) is 0 Å². The number of aromatic nitrogens is 6. The number of ketones is 1. The van der Waals surface area contributed by atoms with Gasteiger partial charge in [-0.1, -0.05) is 13.8 Å². The molecule has 5 heterocycles. The Labute approximate surface area is 210 Å². The maximum Gasteiger partial charge on any atom is 0.271 e. The topological polar surface area (TPSA) is 137 Å². The zero-order valence-corrected chi connectivity index (χ0v) is 21.2. The monoisotopic (exact) mass is 491 g/mol. The summed E-state index contributed by atoms with van der Waals surface area (Å²) in [6, 6.07) is 2.04. The van der Waals surface area contributed by atoms with E-state index in [0.717, 1.165) is 38.0 Å². The van der Waals surface area contributed by atoms with Crippen LogP contribution in [0.15, 0.2) is 24.7 Å². The second-order valence-corrected chi connectivity index (χ2v) is 10.6. The Hall–Kier alpha value is -3.76. The number of primary amides is 1. The van der Waals surface area contributed by atoms with Crippen molar-refractivity contribution < 1.29 is 9.59 Å². The molecule has 0 spiro atoms. The van der Waals surface area contributed by atoms with Crippen LogP contribution < -0.4 is 16.0 Å². The fourth-order valence-electron chi connectivity index (χ4n) is 5.35. The largest absolute Gasteiger partial charge is 0.364 e. The molecule has 0 radical (unpaired) electrons. The maximum atomic E-state index is 13.2. The number of amides is 1. The van der Waals surface area contributed by atoms with E-state index in [1.807, 2.05) is 10.7 Å². The van der Waals surface area contributed by atoms with Gasteiger partial charge in [-0.15, -0.1) is 0 Å². The summed E-state index contributed by atoms with van der Waals surface area (Å²) in [4.78, 5) is 36.4. The van der Waals surface area contributed by atoms with Gasteiger partial charge in [0.05, 0.1) is 18.1 Å². The van der Waals surface area contributed by atoms with Crippen LogP contribution in [-0.2, 0) is 19.0 Å². The van der Waals surface area contributed by atoms with E-state index in [0.29, 0.717) is 23.6 Å². The number of hydrogen-bond donors (Lipinski definition) is 2. The van der Waals surface area contributed by atoms with Crippen LogP contribution in [-0.4, -0.2) is 53.8 Å². The van der Waals surface area contributed by atoms with Crippen molar-refractivity contribution in [2.24, 2.45) is 18.7 Å². The fraction of sp³-hybridized carbons (Fsp3) is 0.520. The minimum Gasteiger partial charge on any atom is -0.364 e. The van der Waals surface area contributed by atoms with Gasteiger partial charge in [0.15, 0.2) is 17.3 Å². The summed E-state index contributed by atoms with van der Waals surface area (Å²) in [7, 11) is 1.80. The van der Waals surface area contributed by atoms with Crippen LogP contribution in [0.4, 0.5) is 17.3 Å². The Kier molecular flexibility index (Phi) is 6.01. The van der Waals surface area contributed by atoms with E-state index in [1.54, 1.807) is 30.3 Å². The molecular weight excluding hydrogens is 458 g/mol. The highest BCUT2D eigenvalue weighted by Crippen LogP contribution is 2.35. The highest BCUT2D eigenvalue weighted by molar-refractivity contribution is 5.96. The summed E-state index contributed by atoms with van der Waals surface area (Å²) in [5.74, 6) is 0.502. The molecule has 0 saturated carbocycles. The lowest BCUT2D eigenvalue weighted by molar-refractivity contribution is 0.0939. The van der Waals surface area contributed by atoms with Gasteiger partial charge >= 0.3 is 0 Å². The Morgan fingerprint density at radius 3 is 2.75 bits per heavy atom. The van der Waals surface area contributed by atoms with E-state index in [1.165, 1.54) is 0 Å². The van der Waals surface area contributed by atoms with E-state index in [4.69, 9.17) is 10.7 Å². The summed E-state index contributed by atoms with van der Waals surface area (Å²) < 4.78 is 3.63. The summed E-state index contributed by atoms with van der Waals surface area (Å²) in [6.45, 7) is 8.16. The Morgan fingerprint density at radius 1 is 1.25 bits per heavy atom. The molecule has 5 rings (SSSR count). The molecule has 36 heavy (non-hydrogen) atoms. The van der Waals surface area contributed by atoms with Crippen LogP contribution in [0.5, 0.6) is 0 Å². The minimum absolute atomic E-state index is 0.0533. The first-order valence-corrected chi connectivity index (χ1v) is 12.4. The summed E-state index contributed by atoms with van der Waals surface area (Å²) in [5, 5.41) is 11.9. The highest BCUT2D eigenvalue weighted by Gasteiger charge is 2.35. The predicted octanol–water partition coefficient (Wildman–Crippen LogP) is 2.81. The van der Waals surface area contributed by atoms with Crippen LogP contribution in [0.2, 0.25) is 0 Å². The van der Waals surface area contributed by atoms with Gasteiger partial charge in [-0.3, -0.25) is 19.0 Å². The van der Waals surface area contributed by atoms with Crippen molar-refractivity contribution in [3.63, 3.8) is 0 Å². The third-order valence-corrected chi connectivity index (χ3v) is 7.56. The zero-order valence-electron chi connectivity index (χ0n) is 21.2. The van der Waals surface area contributed by atoms with E-state index >= 15 is 0 Å². The van der Waals surface area contributed by atoms with Crippen LogP contribution >= 0.6 is 0 Å². The lowest BCUT2D eigenvalue weighted by Crippen LogP contribution is -2.44. The molecule has 11 heteroatoms. The van der Waals surface area contributed by atoms with Gasteiger partial charge in [0.1, 0.15) is 11.5 Å². The number of nitrogens with zero attached hydrogens (tertiary/aromatic N) is 7. The van der Waals surface area contributed by atoms with Crippen molar-refractivity contribution in [2.75, 3.05) is 16.8 Å². The molecule has 1 fully saturated rings. The van der Waals surface area contributed by atoms with Gasteiger partial charge in [0, 0.05) is 49.9 Å². The summed E-state index contributed by atoms with van der Waals surface area (Å²) >= 11 is 0. The van der Waals surface area contributed by atoms with Gasteiger partial charge in [-0.25, -0.2) is 9.97 Å².